The van der Waals surface area contributed by atoms with Gasteiger partial charge in [0.05, 0.1) is 6.61 Å². The lowest BCUT2D eigenvalue weighted by Gasteiger charge is -2.24. The molecular formula is C13H25NO3. The van der Waals surface area contributed by atoms with Crippen molar-refractivity contribution in [2.45, 2.75) is 27.2 Å². The third kappa shape index (κ3) is 10.0. The van der Waals surface area contributed by atoms with Gasteiger partial charge in [0, 0.05) is 32.9 Å². The van der Waals surface area contributed by atoms with E-state index in [4.69, 9.17) is 9.47 Å². The molecule has 0 unspecified atom stereocenters. The monoisotopic (exact) mass is 243 g/mol. The Labute approximate surface area is 104 Å². The van der Waals surface area contributed by atoms with Gasteiger partial charge in [0.25, 0.3) is 0 Å². The molecule has 17 heavy (non-hydrogen) atoms. The van der Waals surface area contributed by atoms with Gasteiger partial charge in [0.2, 0.25) is 0 Å². The van der Waals surface area contributed by atoms with E-state index < -0.39 is 0 Å². The van der Waals surface area contributed by atoms with Crippen LogP contribution in [0.3, 0.4) is 0 Å². The van der Waals surface area contributed by atoms with Crippen molar-refractivity contribution in [3.63, 3.8) is 0 Å². The van der Waals surface area contributed by atoms with Crippen molar-refractivity contribution < 1.29 is 14.3 Å². The van der Waals surface area contributed by atoms with Crippen LogP contribution in [-0.2, 0) is 14.3 Å². The Morgan fingerprint density at radius 3 is 2.71 bits per heavy atom. The zero-order chi connectivity index (χ0) is 13.1. The molecule has 0 saturated heterocycles. The van der Waals surface area contributed by atoms with Crippen LogP contribution in [-0.4, -0.2) is 39.4 Å². The molecule has 0 amide bonds. The topological polar surface area (TPSA) is 47.6 Å². The van der Waals surface area contributed by atoms with Crippen molar-refractivity contribution in [2.75, 3.05) is 33.4 Å². The van der Waals surface area contributed by atoms with Crippen molar-refractivity contribution >= 4 is 5.97 Å². The Morgan fingerprint density at radius 1 is 1.41 bits per heavy atom. The van der Waals surface area contributed by atoms with Gasteiger partial charge in [-0.25, -0.2) is 4.79 Å². The van der Waals surface area contributed by atoms with Crippen LogP contribution in [0.25, 0.3) is 0 Å². The Kier molecular flexibility index (Phi) is 8.72. The van der Waals surface area contributed by atoms with E-state index in [1.165, 1.54) is 6.08 Å². The molecule has 100 valence electrons. The minimum absolute atomic E-state index is 0.202. The van der Waals surface area contributed by atoms with Gasteiger partial charge in [-0.15, -0.1) is 0 Å². The fourth-order valence-corrected chi connectivity index (χ4v) is 1.31. The molecular weight excluding hydrogens is 218 g/mol. The summed E-state index contributed by atoms with van der Waals surface area (Å²) in [4.78, 5) is 11.0. The molecule has 0 fully saturated rings. The van der Waals surface area contributed by atoms with Gasteiger partial charge in [-0.1, -0.05) is 19.9 Å². The zero-order valence-corrected chi connectivity index (χ0v) is 11.4. The number of methoxy groups -OCH3 is 1. The first kappa shape index (κ1) is 16.1. The summed E-state index contributed by atoms with van der Waals surface area (Å²) in [6.45, 7) is 8.93. The molecule has 0 saturated carbocycles. The first-order valence-electron chi connectivity index (χ1n) is 6.05. The van der Waals surface area contributed by atoms with Gasteiger partial charge in [-0.2, -0.15) is 0 Å². The second-order valence-corrected chi connectivity index (χ2v) is 4.69. The summed E-state index contributed by atoms with van der Waals surface area (Å²) in [5.41, 5.74) is 0.202. The number of carbonyl (C=O) groups is 1. The summed E-state index contributed by atoms with van der Waals surface area (Å²) in [7, 11) is 1.71. The molecule has 1 N–H and O–H groups in total. The molecule has 0 spiro atoms. The van der Waals surface area contributed by atoms with Crippen LogP contribution >= 0.6 is 0 Å². The Morgan fingerprint density at radius 2 is 2.12 bits per heavy atom. The molecule has 0 aliphatic rings. The number of ether oxygens (including phenoxy) is 2. The lowest BCUT2D eigenvalue weighted by atomic mass is 9.90. The minimum atomic E-state index is -0.284. The maximum Gasteiger partial charge on any atom is 0.330 e. The lowest BCUT2D eigenvalue weighted by molar-refractivity contribution is -0.137. The fourth-order valence-electron chi connectivity index (χ4n) is 1.31. The van der Waals surface area contributed by atoms with E-state index in [1.54, 1.807) is 20.1 Å². The van der Waals surface area contributed by atoms with Crippen molar-refractivity contribution in [1.29, 1.82) is 0 Å². The smallest absolute Gasteiger partial charge is 0.330 e. The molecule has 0 heterocycles. The molecule has 0 aliphatic heterocycles. The van der Waals surface area contributed by atoms with Gasteiger partial charge in [-0.3, -0.25) is 0 Å². The summed E-state index contributed by atoms with van der Waals surface area (Å²) in [6.07, 6.45) is 4.25. The van der Waals surface area contributed by atoms with Gasteiger partial charge >= 0.3 is 5.97 Å². The van der Waals surface area contributed by atoms with Crippen LogP contribution in [0.2, 0.25) is 0 Å². The summed E-state index contributed by atoms with van der Waals surface area (Å²) < 4.78 is 9.83. The first-order valence-corrected chi connectivity index (χ1v) is 6.05. The second kappa shape index (κ2) is 9.19. The number of nitrogens with one attached hydrogen (secondary N) is 1. The van der Waals surface area contributed by atoms with Crippen LogP contribution < -0.4 is 5.32 Å². The summed E-state index contributed by atoms with van der Waals surface area (Å²) >= 11 is 0. The molecule has 0 radical (unpaired) electrons. The highest BCUT2D eigenvalue weighted by Crippen LogP contribution is 2.18. The number of hydrogen-bond acceptors (Lipinski definition) is 4. The third-order valence-corrected chi connectivity index (χ3v) is 2.39. The van der Waals surface area contributed by atoms with E-state index in [-0.39, 0.29) is 11.4 Å². The molecule has 4 heteroatoms. The maximum atomic E-state index is 11.0. The molecule has 0 aromatic heterocycles. The van der Waals surface area contributed by atoms with Crippen LogP contribution in [0.1, 0.15) is 27.2 Å². The van der Waals surface area contributed by atoms with Crippen molar-refractivity contribution in [2.24, 2.45) is 5.41 Å². The van der Waals surface area contributed by atoms with E-state index in [2.05, 4.69) is 19.2 Å². The number of esters is 1. The average molecular weight is 243 g/mol. The van der Waals surface area contributed by atoms with Gasteiger partial charge in [-0.05, 0) is 18.8 Å². The molecule has 0 aromatic carbocycles. The molecule has 0 aliphatic carbocycles. The van der Waals surface area contributed by atoms with Gasteiger partial charge in [0.1, 0.15) is 0 Å². The van der Waals surface area contributed by atoms with Crippen LogP contribution in [0.15, 0.2) is 12.2 Å². The fraction of sp³-hybridized carbons (Fsp3) is 0.769. The molecule has 0 atom stereocenters. The van der Waals surface area contributed by atoms with E-state index >= 15 is 0 Å². The van der Waals surface area contributed by atoms with E-state index in [0.717, 1.165) is 19.6 Å². The van der Waals surface area contributed by atoms with Crippen molar-refractivity contribution in [3.8, 4) is 0 Å². The molecule has 0 aromatic rings. The number of rotatable bonds is 9. The minimum Gasteiger partial charge on any atom is -0.463 e. The van der Waals surface area contributed by atoms with Crippen LogP contribution in [0.5, 0.6) is 0 Å². The van der Waals surface area contributed by atoms with Gasteiger partial charge in [0.15, 0.2) is 0 Å². The van der Waals surface area contributed by atoms with Crippen molar-refractivity contribution in [1.82, 2.24) is 5.32 Å². The van der Waals surface area contributed by atoms with E-state index in [1.807, 2.05) is 0 Å². The Hall–Kier alpha value is -0.870. The normalized spacial score (nSPS) is 12.0. The zero-order valence-electron chi connectivity index (χ0n) is 11.4. The largest absolute Gasteiger partial charge is 0.463 e. The predicted octanol–water partition coefficient (Wildman–Crippen LogP) is 1.76. The highest BCUT2D eigenvalue weighted by atomic mass is 16.5. The maximum absolute atomic E-state index is 11.0. The second-order valence-electron chi connectivity index (χ2n) is 4.69. The number of carbonyl (C=O) groups excluding carboxylic acids is 1. The van der Waals surface area contributed by atoms with E-state index in [9.17, 15) is 4.79 Å². The highest BCUT2D eigenvalue weighted by Gasteiger charge is 2.16. The van der Waals surface area contributed by atoms with Crippen LogP contribution in [0.4, 0.5) is 0 Å². The third-order valence-electron chi connectivity index (χ3n) is 2.39. The van der Waals surface area contributed by atoms with Crippen LogP contribution in [0, 0.1) is 5.41 Å². The first-order chi connectivity index (χ1) is 8.02. The SMILES string of the molecule is CCOC(=O)/C=C/CNCC(C)(C)CCOC. The molecule has 0 rings (SSSR count). The standard InChI is InChI=1S/C13H25NO3/c1-5-17-12(15)7-6-9-14-11-13(2,3)8-10-16-4/h6-7,14H,5,8-11H2,1-4H3/b7-6+. The average Bonchev–Trinajstić information content (AvgIpc) is 2.26. The van der Waals surface area contributed by atoms with E-state index in [0.29, 0.717) is 13.2 Å². The Bertz CT molecular complexity index is 237. The highest BCUT2D eigenvalue weighted by molar-refractivity contribution is 5.81. The number of hydrogen-bond donors (Lipinski definition) is 1. The summed E-state index contributed by atoms with van der Waals surface area (Å²) in [6, 6.07) is 0. The summed E-state index contributed by atoms with van der Waals surface area (Å²) in [5.74, 6) is -0.284. The van der Waals surface area contributed by atoms with Crippen molar-refractivity contribution in [3.05, 3.63) is 12.2 Å². The molecule has 4 nitrogen and oxygen atoms in total. The summed E-state index contributed by atoms with van der Waals surface area (Å²) in [5, 5.41) is 3.28. The predicted molar refractivity (Wildman–Crippen MR) is 68.9 cm³/mol. The quantitative estimate of drug-likeness (QED) is 0.381. The molecule has 0 bridgehead atoms. The van der Waals surface area contributed by atoms with Gasteiger partial charge < -0.3 is 14.8 Å². The lowest BCUT2D eigenvalue weighted by Crippen LogP contribution is -2.30. The Balaban J connectivity index is 3.65.